The smallest absolute Gasteiger partial charge is 0.0222 e. The highest BCUT2D eigenvalue weighted by molar-refractivity contribution is 5.91. The Kier molecular flexibility index (Phi) is 7.43. The first-order valence-electron chi connectivity index (χ1n) is 17.6. The van der Waals surface area contributed by atoms with E-state index in [1.165, 1.54) is 77.2 Å². The Morgan fingerprint density at radius 2 is 0.673 bits per heavy atom. The van der Waals surface area contributed by atoms with Crippen LogP contribution in [0.25, 0.3) is 54.9 Å². The molecule has 8 aromatic rings. The van der Waals surface area contributed by atoms with E-state index in [0.717, 1.165) is 25.7 Å². The summed E-state index contributed by atoms with van der Waals surface area (Å²) in [6.45, 7) is 0. The van der Waals surface area contributed by atoms with Crippen molar-refractivity contribution in [1.82, 2.24) is 0 Å². The molecule has 1 aliphatic carbocycles. The summed E-state index contributed by atoms with van der Waals surface area (Å²) in [4.78, 5) is 0. The first-order chi connectivity index (χ1) is 24.2. The van der Waals surface area contributed by atoms with Crippen molar-refractivity contribution < 1.29 is 0 Å². The largest absolute Gasteiger partial charge is 0.0622 e. The van der Waals surface area contributed by atoms with Gasteiger partial charge in [-0.2, -0.15) is 0 Å². The van der Waals surface area contributed by atoms with Gasteiger partial charge in [-0.25, -0.2) is 0 Å². The highest BCUT2D eigenvalue weighted by Crippen LogP contribution is 2.55. The summed E-state index contributed by atoms with van der Waals surface area (Å²) in [6.07, 6.45) is 4.14. The monoisotopic (exact) mass is 626 g/mol. The van der Waals surface area contributed by atoms with Gasteiger partial charge in [-0.05, 0) is 127 Å². The second-order valence-corrected chi connectivity index (χ2v) is 13.7. The quantitative estimate of drug-likeness (QED) is 0.157. The maximum atomic E-state index is 2.53. The summed E-state index contributed by atoms with van der Waals surface area (Å²) >= 11 is 0. The fourth-order valence-corrected chi connectivity index (χ4v) is 8.26. The van der Waals surface area contributed by atoms with Crippen LogP contribution in [0.1, 0.15) is 35.1 Å². The summed E-state index contributed by atoms with van der Waals surface area (Å²) in [6, 6.07) is 67.9. The molecule has 0 unspecified atom stereocenters. The van der Waals surface area contributed by atoms with Gasteiger partial charge in [0.15, 0.2) is 0 Å². The second kappa shape index (κ2) is 12.4. The Hall–Kier alpha value is -5.72. The first-order valence-corrected chi connectivity index (χ1v) is 17.6. The molecule has 0 saturated heterocycles. The molecule has 49 heavy (non-hydrogen) atoms. The van der Waals surface area contributed by atoms with E-state index in [4.69, 9.17) is 0 Å². The minimum Gasteiger partial charge on any atom is -0.0622 e. The molecule has 0 amide bonds. The Morgan fingerprint density at radius 3 is 1.12 bits per heavy atom. The number of aryl methyl sites for hydroxylation is 2. The predicted molar refractivity (Wildman–Crippen MR) is 208 cm³/mol. The van der Waals surface area contributed by atoms with E-state index in [9.17, 15) is 0 Å². The summed E-state index contributed by atoms with van der Waals surface area (Å²) in [7, 11) is 0. The number of rotatable bonds is 8. The Balaban J connectivity index is 1.23. The van der Waals surface area contributed by atoms with E-state index in [0.29, 0.717) is 0 Å². The zero-order chi connectivity index (χ0) is 32.6. The molecule has 0 saturated carbocycles. The lowest BCUT2D eigenvalue weighted by molar-refractivity contribution is 0.446. The van der Waals surface area contributed by atoms with E-state index in [-0.39, 0.29) is 5.41 Å². The Morgan fingerprint density at radius 1 is 0.306 bits per heavy atom. The molecule has 0 nitrogen and oxygen atoms in total. The molecule has 0 N–H and O–H groups in total. The van der Waals surface area contributed by atoms with Gasteiger partial charge in [0.05, 0.1) is 0 Å². The van der Waals surface area contributed by atoms with Crippen LogP contribution in [0.4, 0.5) is 0 Å². The highest BCUT2D eigenvalue weighted by atomic mass is 14.5. The molecule has 0 fully saturated rings. The molecule has 0 bridgehead atoms. The van der Waals surface area contributed by atoms with Crippen molar-refractivity contribution in [2.24, 2.45) is 0 Å². The van der Waals surface area contributed by atoms with Crippen molar-refractivity contribution >= 4 is 21.5 Å². The summed E-state index contributed by atoms with van der Waals surface area (Å²) in [5.41, 5.74) is 13.5. The average molecular weight is 627 g/mol. The number of benzene rings is 8. The average Bonchev–Trinajstić information content (AvgIpc) is 3.45. The van der Waals surface area contributed by atoms with Gasteiger partial charge < -0.3 is 0 Å². The van der Waals surface area contributed by atoms with Crippen molar-refractivity contribution in [2.75, 3.05) is 0 Å². The van der Waals surface area contributed by atoms with Gasteiger partial charge in [-0.15, -0.1) is 0 Å². The third-order valence-corrected chi connectivity index (χ3v) is 10.9. The Bertz CT molecular complexity index is 2260. The fourth-order valence-electron chi connectivity index (χ4n) is 8.26. The third kappa shape index (κ3) is 5.44. The normalized spacial score (nSPS) is 13.0. The van der Waals surface area contributed by atoms with E-state index in [1.807, 2.05) is 0 Å². The van der Waals surface area contributed by atoms with E-state index >= 15 is 0 Å². The summed E-state index contributed by atoms with van der Waals surface area (Å²) in [5.74, 6) is 0. The maximum absolute atomic E-state index is 2.53. The molecular formula is C49H38. The van der Waals surface area contributed by atoms with Crippen LogP contribution in [0.3, 0.4) is 0 Å². The van der Waals surface area contributed by atoms with Crippen LogP contribution in [0.5, 0.6) is 0 Å². The molecule has 0 aliphatic heterocycles. The first kappa shape index (κ1) is 29.4. The minimum atomic E-state index is -0.143. The number of fused-ring (bicyclic) bond motifs is 5. The topological polar surface area (TPSA) is 0 Å². The summed E-state index contributed by atoms with van der Waals surface area (Å²) in [5, 5.41) is 5.12. The molecule has 1 aliphatic rings. The summed E-state index contributed by atoms with van der Waals surface area (Å²) < 4.78 is 0. The van der Waals surface area contributed by atoms with Crippen LogP contribution in [0.15, 0.2) is 182 Å². The van der Waals surface area contributed by atoms with E-state index in [2.05, 4.69) is 182 Å². The van der Waals surface area contributed by atoms with Crippen LogP contribution in [0, 0.1) is 0 Å². The van der Waals surface area contributed by atoms with Crippen LogP contribution >= 0.6 is 0 Å². The number of hydrogen-bond acceptors (Lipinski definition) is 0. The van der Waals surface area contributed by atoms with Gasteiger partial charge in [0, 0.05) is 5.41 Å². The van der Waals surface area contributed by atoms with E-state index < -0.39 is 0 Å². The van der Waals surface area contributed by atoms with Gasteiger partial charge >= 0.3 is 0 Å². The number of hydrogen-bond donors (Lipinski definition) is 0. The van der Waals surface area contributed by atoms with Crippen LogP contribution < -0.4 is 0 Å². The molecule has 0 spiro atoms. The third-order valence-electron chi connectivity index (χ3n) is 10.9. The minimum absolute atomic E-state index is 0.143. The molecular weight excluding hydrogens is 589 g/mol. The fraction of sp³-hybridized carbons (Fsp3) is 0.102. The maximum Gasteiger partial charge on any atom is 0.0222 e. The molecule has 0 atom stereocenters. The van der Waals surface area contributed by atoms with Crippen LogP contribution in [-0.2, 0) is 18.3 Å². The molecule has 9 rings (SSSR count). The van der Waals surface area contributed by atoms with Gasteiger partial charge in [0.25, 0.3) is 0 Å². The zero-order valence-corrected chi connectivity index (χ0v) is 27.6. The van der Waals surface area contributed by atoms with Crippen molar-refractivity contribution in [1.29, 1.82) is 0 Å². The van der Waals surface area contributed by atoms with Gasteiger partial charge in [0.1, 0.15) is 0 Å². The van der Waals surface area contributed by atoms with E-state index in [1.54, 1.807) is 0 Å². The molecule has 0 heteroatoms. The van der Waals surface area contributed by atoms with Gasteiger partial charge in [0.2, 0.25) is 0 Å². The highest BCUT2D eigenvalue weighted by Gasteiger charge is 2.43. The molecule has 0 heterocycles. The molecule has 0 aromatic heterocycles. The molecule has 8 aromatic carbocycles. The van der Waals surface area contributed by atoms with Gasteiger partial charge in [-0.1, -0.05) is 158 Å². The lowest BCUT2D eigenvalue weighted by atomic mass is 9.69. The second-order valence-electron chi connectivity index (χ2n) is 13.7. The van der Waals surface area contributed by atoms with Crippen molar-refractivity contribution in [2.45, 2.75) is 31.1 Å². The van der Waals surface area contributed by atoms with Crippen molar-refractivity contribution in [3.05, 3.63) is 204 Å². The predicted octanol–water partition coefficient (Wildman–Crippen LogP) is 12.9. The lowest BCUT2D eigenvalue weighted by Crippen LogP contribution is -2.27. The molecule has 234 valence electrons. The lowest BCUT2D eigenvalue weighted by Gasteiger charge is -2.33. The van der Waals surface area contributed by atoms with Crippen molar-refractivity contribution in [3.8, 4) is 33.4 Å². The van der Waals surface area contributed by atoms with Gasteiger partial charge in [-0.3, -0.25) is 0 Å². The van der Waals surface area contributed by atoms with Crippen LogP contribution in [0.2, 0.25) is 0 Å². The zero-order valence-electron chi connectivity index (χ0n) is 27.6. The van der Waals surface area contributed by atoms with Crippen LogP contribution in [-0.4, -0.2) is 0 Å². The Labute approximate surface area is 289 Å². The van der Waals surface area contributed by atoms with Crippen molar-refractivity contribution in [3.63, 3.8) is 0 Å². The molecule has 0 radical (unpaired) electrons. The standard InChI is InChI=1S/C49H38/c1-3-11-35(12-4-1)27-29-49(30-28-36-13-5-2-6-14-36)47-33-43(41-21-19-37-15-7-9-17-39(37)31-41)23-25-45(47)46-26-24-44(34-48(46)49)42-22-20-38-16-8-10-18-40(38)32-42/h1-26,31-34H,27-30H2. The SMILES string of the molecule is c1ccc(CCC2(CCc3ccccc3)c3cc(-c4ccc5ccccc5c4)ccc3-c3ccc(-c4ccc5ccccc5c4)cc32)cc1.